The lowest BCUT2D eigenvalue weighted by atomic mass is 10.3. The molecule has 0 fully saturated rings. The van der Waals surface area contributed by atoms with Gasteiger partial charge in [-0.05, 0) is 36.4 Å². The standard InChI is InChI=1S/C22H13N7O5/c30-22-26(15-10-12-17(13-11-15)29(33)34)20(23-14-6-8-16(9-7-14)28(31)32)25-21-24-18-4-2-1-3-5-19(18)27(21)22/h1-13H. The normalized spacial score (nSPS) is 11.7. The molecule has 0 aliphatic heterocycles. The molecule has 2 heterocycles. The van der Waals surface area contributed by atoms with Crippen LogP contribution in [0.25, 0.3) is 22.5 Å². The number of nitro groups is 2. The number of rotatable bonds is 4. The first-order valence-corrected chi connectivity index (χ1v) is 9.87. The average Bonchev–Trinajstić information content (AvgIpc) is 3.01. The molecule has 0 bridgehead atoms. The zero-order valence-corrected chi connectivity index (χ0v) is 17.2. The Balaban J connectivity index is 1.83. The minimum absolute atomic E-state index is 0.0418. The molecule has 34 heavy (non-hydrogen) atoms. The van der Waals surface area contributed by atoms with Crippen LogP contribution in [0, 0.1) is 20.2 Å². The average molecular weight is 455 g/mol. The van der Waals surface area contributed by atoms with Gasteiger partial charge in [-0.1, -0.05) is 18.2 Å². The molecule has 5 rings (SSSR count). The molecular weight excluding hydrogens is 442 g/mol. The van der Waals surface area contributed by atoms with E-state index in [9.17, 15) is 25.0 Å². The molecule has 166 valence electrons. The number of imidazole rings is 1. The van der Waals surface area contributed by atoms with Crippen molar-refractivity contribution in [3.63, 3.8) is 0 Å². The second-order valence-corrected chi connectivity index (χ2v) is 7.12. The molecule has 0 aliphatic carbocycles. The maximum atomic E-state index is 13.6. The molecule has 0 spiro atoms. The van der Waals surface area contributed by atoms with Crippen molar-refractivity contribution in [2.24, 2.45) is 4.99 Å². The van der Waals surface area contributed by atoms with E-state index in [1.54, 1.807) is 30.3 Å². The van der Waals surface area contributed by atoms with Crippen molar-refractivity contribution >= 4 is 33.9 Å². The maximum Gasteiger partial charge on any atom is 0.343 e. The van der Waals surface area contributed by atoms with Crippen LogP contribution in [0.15, 0.2) is 88.6 Å². The van der Waals surface area contributed by atoms with Crippen LogP contribution in [0.5, 0.6) is 0 Å². The van der Waals surface area contributed by atoms with Crippen molar-refractivity contribution in [1.29, 1.82) is 0 Å². The van der Waals surface area contributed by atoms with Crippen LogP contribution >= 0.6 is 0 Å². The van der Waals surface area contributed by atoms with E-state index in [1.807, 2.05) is 0 Å². The molecular formula is C22H13N7O5. The van der Waals surface area contributed by atoms with Gasteiger partial charge in [0.25, 0.3) is 11.4 Å². The smallest absolute Gasteiger partial charge is 0.258 e. The lowest BCUT2D eigenvalue weighted by molar-refractivity contribution is -0.385. The highest BCUT2D eigenvalue weighted by Crippen LogP contribution is 2.18. The lowest BCUT2D eigenvalue weighted by Gasteiger charge is -2.07. The van der Waals surface area contributed by atoms with Crippen LogP contribution in [0.1, 0.15) is 0 Å². The first kappa shape index (κ1) is 20.6. The van der Waals surface area contributed by atoms with Gasteiger partial charge in [-0.3, -0.25) is 20.2 Å². The number of fused-ring (bicyclic) bond motifs is 3. The van der Waals surface area contributed by atoms with Crippen LogP contribution in [-0.2, 0) is 0 Å². The molecule has 0 unspecified atom stereocenters. The number of nitro benzene ring substituents is 2. The summed E-state index contributed by atoms with van der Waals surface area (Å²) in [4.78, 5) is 47.9. The summed E-state index contributed by atoms with van der Waals surface area (Å²) in [5.41, 5.74) is 0.857. The molecule has 0 saturated heterocycles. The molecule has 0 radical (unpaired) electrons. The second-order valence-electron chi connectivity index (χ2n) is 7.12. The summed E-state index contributed by atoms with van der Waals surface area (Å²) < 4.78 is 2.53. The number of non-ortho nitro benzene ring substituents is 2. The number of hydrogen-bond donors (Lipinski definition) is 0. The largest absolute Gasteiger partial charge is 0.343 e. The fraction of sp³-hybridized carbons (Fsp3) is 0. The van der Waals surface area contributed by atoms with E-state index in [-0.39, 0.29) is 22.8 Å². The first-order valence-electron chi connectivity index (χ1n) is 9.87. The number of aromatic nitrogens is 4. The van der Waals surface area contributed by atoms with Gasteiger partial charge in [0.05, 0.1) is 32.3 Å². The number of hydrogen-bond acceptors (Lipinski definition) is 8. The Bertz CT molecular complexity index is 1720. The SMILES string of the molecule is O=c1n(-c2ccc([N+](=O)[O-])cc2)c(=Nc2ccc([N+](=O)[O-])cc2)nc2nc3cccccc3n12. The van der Waals surface area contributed by atoms with Crippen molar-refractivity contribution in [2.75, 3.05) is 0 Å². The monoisotopic (exact) mass is 455 g/mol. The molecule has 5 aromatic rings. The molecule has 3 aromatic carbocycles. The highest BCUT2D eigenvalue weighted by molar-refractivity contribution is 5.78. The predicted octanol–water partition coefficient (Wildman–Crippen LogP) is 3.08. The summed E-state index contributed by atoms with van der Waals surface area (Å²) in [5.74, 6) is 0.116. The third kappa shape index (κ3) is 3.54. The number of benzene rings is 2. The van der Waals surface area contributed by atoms with Crippen molar-refractivity contribution in [3.8, 4) is 5.69 Å². The van der Waals surface area contributed by atoms with E-state index in [1.165, 1.54) is 57.5 Å². The highest BCUT2D eigenvalue weighted by atomic mass is 16.6. The van der Waals surface area contributed by atoms with Crippen LogP contribution in [0.3, 0.4) is 0 Å². The zero-order chi connectivity index (χ0) is 23.8. The van der Waals surface area contributed by atoms with E-state index >= 15 is 0 Å². The summed E-state index contributed by atoms with van der Waals surface area (Å²) in [5, 5.41) is 22.0. The van der Waals surface area contributed by atoms with Gasteiger partial charge in [0.15, 0.2) is 0 Å². The molecule has 12 heteroatoms. The summed E-state index contributed by atoms with van der Waals surface area (Å²) >= 11 is 0. The molecule has 0 aliphatic rings. The van der Waals surface area contributed by atoms with E-state index in [0.29, 0.717) is 22.4 Å². The quantitative estimate of drug-likeness (QED) is 0.298. The van der Waals surface area contributed by atoms with Gasteiger partial charge < -0.3 is 0 Å². The van der Waals surface area contributed by atoms with E-state index in [0.717, 1.165) is 0 Å². The highest BCUT2D eigenvalue weighted by Gasteiger charge is 2.15. The third-order valence-corrected chi connectivity index (χ3v) is 5.05. The topological polar surface area (TPSA) is 151 Å². The summed E-state index contributed by atoms with van der Waals surface area (Å²) in [6, 6.07) is 19.6. The Morgan fingerprint density at radius 3 is 2.03 bits per heavy atom. The fourth-order valence-electron chi connectivity index (χ4n) is 3.45. The number of nitrogens with zero attached hydrogens (tertiary/aromatic N) is 7. The van der Waals surface area contributed by atoms with Crippen molar-refractivity contribution in [3.05, 3.63) is 115 Å². The summed E-state index contributed by atoms with van der Waals surface area (Å²) in [6.45, 7) is 0. The van der Waals surface area contributed by atoms with Crippen LogP contribution < -0.4 is 11.3 Å². The molecule has 0 atom stereocenters. The minimum atomic E-state index is -0.542. The van der Waals surface area contributed by atoms with Crippen molar-refractivity contribution in [1.82, 2.24) is 18.9 Å². The summed E-state index contributed by atoms with van der Waals surface area (Å²) in [6.07, 6.45) is 0. The Morgan fingerprint density at radius 2 is 1.38 bits per heavy atom. The Labute approximate surface area is 189 Å². The Kier molecular flexibility index (Phi) is 4.86. The van der Waals surface area contributed by atoms with Gasteiger partial charge in [-0.15, -0.1) is 0 Å². The molecule has 0 N–H and O–H groups in total. The maximum absolute atomic E-state index is 13.6. The zero-order valence-electron chi connectivity index (χ0n) is 17.2. The van der Waals surface area contributed by atoms with Crippen LogP contribution in [-0.4, -0.2) is 28.8 Å². The first-order chi connectivity index (χ1) is 16.4. The van der Waals surface area contributed by atoms with Gasteiger partial charge in [0.1, 0.15) is 0 Å². The van der Waals surface area contributed by atoms with Crippen molar-refractivity contribution in [2.45, 2.75) is 0 Å². The lowest BCUT2D eigenvalue weighted by Crippen LogP contribution is -2.38. The van der Waals surface area contributed by atoms with Gasteiger partial charge in [0.2, 0.25) is 11.4 Å². The van der Waals surface area contributed by atoms with Crippen LogP contribution in [0.2, 0.25) is 0 Å². The molecule has 0 amide bonds. The second kappa shape index (κ2) is 8.02. The summed E-state index contributed by atoms with van der Waals surface area (Å²) in [7, 11) is 0. The van der Waals surface area contributed by atoms with Crippen LogP contribution in [0.4, 0.5) is 17.1 Å². The van der Waals surface area contributed by atoms with Gasteiger partial charge in [-0.2, -0.15) is 4.98 Å². The molecule has 0 saturated carbocycles. The van der Waals surface area contributed by atoms with Gasteiger partial charge >= 0.3 is 5.69 Å². The van der Waals surface area contributed by atoms with E-state index in [2.05, 4.69) is 15.0 Å². The third-order valence-electron chi connectivity index (χ3n) is 5.05. The molecule has 12 nitrogen and oxygen atoms in total. The predicted molar refractivity (Wildman–Crippen MR) is 121 cm³/mol. The van der Waals surface area contributed by atoms with Gasteiger partial charge in [-0.25, -0.2) is 23.7 Å². The van der Waals surface area contributed by atoms with Crippen molar-refractivity contribution < 1.29 is 9.85 Å². The fourth-order valence-corrected chi connectivity index (χ4v) is 3.45. The van der Waals surface area contributed by atoms with E-state index < -0.39 is 15.5 Å². The minimum Gasteiger partial charge on any atom is -0.258 e. The Hall–Kier alpha value is -5.26. The van der Waals surface area contributed by atoms with Gasteiger partial charge in [0, 0.05) is 24.3 Å². The Morgan fingerprint density at radius 1 is 0.765 bits per heavy atom. The molecule has 2 aromatic heterocycles. The van der Waals surface area contributed by atoms with E-state index in [4.69, 9.17) is 0 Å².